The van der Waals surface area contributed by atoms with E-state index >= 15 is 0 Å². The molecule has 0 spiro atoms. The maximum Gasteiger partial charge on any atom is 0.227 e. The molecule has 1 aromatic carbocycles. The summed E-state index contributed by atoms with van der Waals surface area (Å²) < 4.78 is 5.15. The van der Waals surface area contributed by atoms with E-state index in [4.69, 9.17) is 4.52 Å². The van der Waals surface area contributed by atoms with Crippen LogP contribution < -0.4 is 5.32 Å². The molecule has 2 heterocycles. The molecule has 1 amide bonds. The van der Waals surface area contributed by atoms with Gasteiger partial charge in [-0.2, -0.15) is 16.3 Å². The fraction of sp³-hybridized carbons (Fsp3) is 0.235. The van der Waals surface area contributed by atoms with Gasteiger partial charge in [0, 0.05) is 30.3 Å². The normalized spacial score (nSPS) is 12.0. The van der Waals surface area contributed by atoms with E-state index in [1.54, 1.807) is 11.3 Å². The molecule has 0 radical (unpaired) electrons. The van der Waals surface area contributed by atoms with Crippen LogP contribution in [0.5, 0.6) is 0 Å². The van der Waals surface area contributed by atoms with E-state index in [-0.39, 0.29) is 18.9 Å². The van der Waals surface area contributed by atoms with Gasteiger partial charge in [-0.3, -0.25) is 4.79 Å². The Bertz CT molecular complexity index is 772. The summed E-state index contributed by atoms with van der Waals surface area (Å²) in [5.74, 6) is 0.793. The monoisotopic (exact) mass is 343 g/mol. The highest BCUT2D eigenvalue weighted by molar-refractivity contribution is 7.08. The molecule has 0 aliphatic heterocycles. The topological polar surface area (TPSA) is 88.2 Å². The lowest BCUT2D eigenvalue weighted by molar-refractivity contribution is -0.121. The fourth-order valence-corrected chi connectivity index (χ4v) is 2.81. The summed E-state index contributed by atoms with van der Waals surface area (Å²) in [6, 6.07) is 11.1. The van der Waals surface area contributed by atoms with E-state index < -0.39 is 6.10 Å². The molecule has 0 bridgehead atoms. The number of aromatic nitrogens is 2. The number of amides is 1. The second-order valence-corrected chi connectivity index (χ2v) is 6.03. The zero-order valence-corrected chi connectivity index (χ0v) is 13.7. The number of aliphatic hydroxyl groups is 1. The number of hydrogen-bond donors (Lipinski definition) is 2. The van der Waals surface area contributed by atoms with Crippen LogP contribution >= 0.6 is 11.3 Å². The number of nitrogens with one attached hydrogen (secondary N) is 1. The number of nitrogens with zero attached hydrogens (tertiary/aromatic N) is 2. The Labute approximate surface area is 143 Å². The molecule has 2 N–H and O–H groups in total. The lowest BCUT2D eigenvalue weighted by atomic mass is 10.1. The minimum absolute atomic E-state index is 0.166. The minimum atomic E-state index is -0.719. The number of aryl methyl sites for hydroxylation is 1. The van der Waals surface area contributed by atoms with E-state index in [0.717, 1.165) is 11.1 Å². The summed E-state index contributed by atoms with van der Waals surface area (Å²) in [4.78, 5) is 16.1. The maximum atomic E-state index is 11.9. The number of carbonyl (C=O) groups is 1. The molecule has 3 aromatic rings. The second-order valence-electron chi connectivity index (χ2n) is 5.25. The van der Waals surface area contributed by atoms with Crippen LogP contribution in [0.1, 0.15) is 24.0 Å². The van der Waals surface area contributed by atoms with Crippen molar-refractivity contribution in [3.05, 3.63) is 58.6 Å². The first-order valence-electron chi connectivity index (χ1n) is 7.57. The minimum Gasteiger partial charge on any atom is -0.387 e. The molecule has 2 aromatic heterocycles. The molecule has 24 heavy (non-hydrogen) atoms. The molecule has 1 unspecified atom stereocenters. The van der Waals surface area contributed by atoms with E-state index in [9.17, 15) is 9.90 Å². The Morgan fingerprint density at radius 1 is 1.29 bits per heavy atom. The zero-order chi connectivity index (χ0) is 16.8. The van der Waals surface area contributed by atoms with Gasteiger partial charge in [0.05, 0.1) is 6.10 Å². The predicted octanol–water partition coefficient (Wildman–Crippen LogP) is 2.58. The van der Waals surface area contributed by atoms with Crippen LogP contribution in [0, 0.1) is 0 Å². The maximum absolute atomic E-state index is 11.9. The van der Waals surface area contributed by atoms with E-state index in [1.807, 2.05) is 47.2 Å². The smallest absolute Gasteiger partial charge is 0.227 e. The lowest BCUT2D eigenvalue weighted by Crippen LogP contribution is -2.28. The third-order valence-corrected chi connectivity index (χ3v) is 4.17. The van der Waals surface area contributed by atoms with Gasteiger partial charge in [0.15, 0.2) is 0 Å². The highest BCUT2D eigenvalue weighted by Gasteiger charge is 2.12. The van der Waals surface area contributed by atoms with Crippen molar-refractivity contribution in [3.63, 3.8) is 0 Å². The van der Waals surface area contributed by atoms with Gasteiger partial charge in [0.2, 0.25) is 17.6 Å². The van der Waals surface area contributed by atoms with Gasteiger partial charge < -0.3 is 14.9 Å². The van der Waals surface area contributed by atoms with Crippen molar-refractivity contribution >= 4 is 17.2 Å². The van der Waals surface area contributed by atoms with E-state index in [1.165, 1.54) is 0 Å². The molecule has 0 saturated heterocycles. The Kier molecular flexibility index (Phi) is 5.35. The molecule has 0 aliphatic carbocycles. The van der Waals surface area contributed by atoms with E-state index in [0.29, 0.717) is 18.1 Å². The average molecular weight is 343 g/mol. The molecule has 0 fully saturated rings. The third kappa shape index (κ3) is 4.27. The number of thiophene rings is 1. The summed E-state index contributed by atoms with van der Waals surface area (Å²) >= 11 is 1.56. The molecule has 3 rings (SSSR count). The standard InChI is InChI=1S/C17H17N3O3S/c21-14(12-4-2-1-3-5-12)10-18-15(22)6-7-16-19-17(20-23-16)13-8-9-24-11-13/h1-5,8-9,11,14,21H,6-7,10H2,(H,18,22). The van der Waals surface area contributed by atoms with Gasteiger partial charge >= 0.3 is 0 Å². The van der Waals surface area contributed by atoms with Crippen LogP contribution in [0.3, 0.4) is 0 Å². The first-order valence-corrected chi connectivity index (χ1v) is 8.51. The Balaban J connectivity index is 1.44. The summed E-state index contributed by atoms with van der Waals surface area (Å²) in [6.45, 7) is 0.173. The van der Waals surface area contributed by atoms with Crippen LogP contribution in [-0.2, 0) is 11.2 Å². The molecule has 0 aliphatic rings. The summed E-state index contributed by atoms with van der Waals surface area (Å²) in [5.41, 5.74) is 1.68. The molecule has 0 saturated carbocycles. The van der Waals surface area contributed by atoms with Gasteiger partial charge in [0.1, 0.15) is 0 Å². The third-order valence-electron chi connectivity index (χ3n) is 3.49. The molecular weight excluding hydrogens is 326 g/mol. The summed E-state index contributed by atoms with van der Waals surface area (Å²) in [5, 5.41) is 20.5. The Morgan fingerprint density at radius 3 is 2.88 bits per heavy atom. The van der Waals surface area contributed by atoms with Gasteiger partial charge in [-0.15, -0.1) is 0 Å². The molecule has 1 atom stereocenters. The summed E-state index contributed by atoms with van der Waals surface area (Å²) in [6.07, 6.45) is -0.124. The van der Waals surface area contributed by atoms with Crippen LogP contribution in [0.25, 0.3) is 11.4 Å². The first kappa shape index (κ1) is 16.4. The highest BCUT2D eigenvalue weighted by atomic mass is 32.1. The Morgan fingerprint density at radius 2 is 2.12 bits per heavy atom. The quantitative estimate of drug-likeness (QED) is 0.688. The van der Waals surface area contributed by atoms with Crippen molar-refractivity contribution in [2.75, 3.05) is 6.54 Å². The SMILES string of the molecule is O=C(CCc1nc(-c2ccsc2)no1)NCC(O)c1ccccc1. The number of carbonyl (C=O) groups excluding carboxylic acids is 1. The lowest BCUT2D eigenvalue weighted by Gasteiger charge is -2.11. The van der Waals surface area contributed by atoms with Crippen LogP contribution in [-0.4, -0.2) is 27.7 Å². The molecule has 7 heteroatoms. The van der Waals surface area contributed by atoms with Crippen LogP contribution in [0.2, 0.25) is 0 Å². The van der Waals surface area contributed by atoms with Crippen molar-refractivity contribution in [1.82, 2.24) is 15.5 Å². The zero-order valence-electron chi connectivity index (χ0n) is 12.9. The van der Waals surface area contributed by atoms with Gasteiger partial charge in [0.25, 0.3) is 0 Å². The van der Waals surface area contributed by atoms with Crippen LogP contribution in [0.4, 0.5) is 0 Å². The van der Waals surface area contributed by atoms with Gasteiger partial charge in [-0.05, 0) is 17.0 Å². The van der Waals surface area contributed by atoms with Crippen molar-refractivity contribution in [2.24, 2.45) is 0 Å². The highest BCUT2D eigenvalue weighted by Crippen LogP contribution is 2.19. The number of hydrogen-bond acceptors (Lipinski definition) is 6. The summed E-state index contributed by atoms with van der Waals surface area (Å²) in [7, 11) is 0. The van der Waals surface area contributed by atoms with Crippen LogP contribution in [0.15, 0.2) is 51.7 Å². The Hall–Kier alpha value is -2.51. The fourth-order valence-electron chi connectivity index (χ4n) is 2.18. The predicted molar refractivity (Wildman–Crippen MR) is 90.3 cm³/mol. The first-order chi connectivity index (χ1) is 11.7. The number of rotatable bonds is 7. The molecule has 6 nitrogen and oxygen atoms in total. The molecule has 124 valence electrons. The number of aliphatic hydroxyl groups excluding tert-OH is 1. The van der Waals surface area contributed by atoms with Crippen molar-refractivity contribution in [3.8, 4) is 11.4 Å². The molecular formula is C17H17N3O3S. The average Bonchev–Trinajstić information content (AvgIpc) is 3.29. The van der Waals surface area contributed by atoms with Crippen molar-refractivity contribution in [2.45, 2.75) is 18.9 Å². The van der Waals surface area contributed by atoms with Gasteiger partial charge in [-0.25, -0.2) is 0 Å². The largest absolute Gasteiger partial charge is 0.387 e. The van der Waals surface area contributed by atoms with Crippen molar-refractivity contribution in [1.29, 1.82) is 0 Å². The van der Waals surface area contributed by atoms with Crippen molar-refractivity contribution < 1.29 is 14.4 Å². The second kappa shape index (κ2) is 7.85. The van der Waals surface area contributed by atoms with E-state index in [2.05, 4.69) is 15.5 Å². The number of benzene rings is 1. The van der Waals surface area contributed by atoms with Gasteiger partial charge in [-0.1, -0.05) is 35.5 Å².